The van der Waals surface area contributed by atoms with Crippen LogP contribution in [0.3, 0.4) is 0 Å². The van der Waals surface area contributed by atoms with Crippen LogP contribution in [0.4, 0.5) is 0 Å². The van der Waals surface area contributed by atoms with E-state index in [1.807, 2.05) is 6.92 Å². The molecule has 0 aromatic heterocycles. The third-order valence-electron chi connectivity index (χ3n) is 1.38. The molecule has 0 amide bonds. The number of aliphatic hydroxyl groups is 1. The van der Waals surface area contributed by atoms with Crippen LogP contribution in [0.5, 0.6) is 5.75 Å². The van der Waals surface area contributed by atoms with E-state index in [4.69, 9.17) is 5.11 Å². The molecular weight excluding hydrogens is 160 g/mol. The van der Waals surface area contributed by atoms with E-state index in [1.165, 1.54) is 0 Å². The van der Waals surface area contributed by atoms with Gasteiger partial charge in [0, 0.05) is 0 Å². The van der Waals surface area contributed by atoms with Crippen molar-refractivity contribution in [3.63, 3.8) is 0 Å². The van der Waals surface area contributed by atoms with Crippen LogP contribution in [-0.4, -0.2) is 15.3 Å². The Kier molecular flexibility index (Phi) is 2.10. The number of hydrogen-bond acceptors (Lipinski definition) is 2. The Bertz CT molecular complexity index is 294. The zero-order chi connectivity index (χ0) is 8.43. The molecule has 1 rings (SSSR count). The molecular formula is C8H8O2S. The third-order valence-corrected chi connectivity index (χ3v) is 1.60. The molecule has 0 aliphatic heterocycles. The number of rotatable bonds is 1. The molecule has 1 aromatic rings. The van der Waals surface area contributed by atoms with E-state index in [1.54, 1.807) is 18.2 Å². The van der Waals surface area contributed by atoms with Crippen molar-refractivity contribution in [2.45, 2.75) is 6.92 Å². The summed E-state index contributed by atoms with van der Waals surface area (Å²) in [5, 5.41) is 17.8. The Hall–Kier alpha value is -1.09. The van der Waals surface area contributed by atoms with Crippen molar-refractivity contribution < 1.29 is 10.2 Å². The lowest BCUT2D eigenvalue weighted by atomic mass is 10.1. The number of hydrogen-bond donors (Lipinski definition) is 2. The molecule has 0 saturated carbocycles. The van der Waals surface area contributed by atoms with Gasteiger partial charge in [0.2, 0.25) is 0 Å². The van der Waals surface area contributed by atoms with Gasteiger partial charge in [0.1, 0.15) is 5.75 Å². The highest BCUT2D eigenvalue weighted by atomic mass is 32.1. The van der Waals surface area contributed by atoms with Gasteiger partial charge in [-0.05, 0) is 36.8 Å². The normalized spacial score (nSPS) is 9.55. The van der Waals surface area contributed by atoms with Crippen molar-refractivity contribution in [2.24, 2.45) is 0 Å². The minimum atomic E-state index is -0.275. The van der Waals surface area contributed by atoms with Crippen molar-refractivity contribution in [3.8, 4) is 5.75 Å². The van der Waals surface area contributed by atoms with Gasteiger partial charge in [-0.1, -0.05) is 6.07 Å². The largest absolute Gasteiger partial charge is 0.507 e. The monoisotopic (exact) mass is 168 g/mol. The maximum absolute atomic E-state index is 9.21. The van der Waals surface area contributed by atoms with Gasteiger partial charge in [-0.15, -0.1) is 0 Å². The van der Waals surface area contributed by atoms with Crippen LogP contribution in [-0.2, 0) is 0 Å². The molecule has 3 heteroatoms. The summed E-state index contributed by atoms with van der Waals surface area (Å²) in [6, 6.07) is 4.92. The summed E-state index contributed by atoms with van der Waals surface area (Å²) in [6.07, 6.45) is 0. The summed E-state index contributed by atoms with van der Waals surface area (Å²) in [5.74, 6) is 0.0255. The van der Waals surface area contributed by atoms with Crippen molar-refractivity contribution >= 4 is 17.3 Å². The number of benzene rings is 1. The average molecular weight is 168 g/mol. The van der Waals surface area contributed by atoms with Crippen LogP contribution in [0.25, 0.3) is 0 Å². The van der Waals surface area contributed by atoms with E-state index in [9.17, 15) is 5.11 Å². The number of phenolic OH excluding ortho intramolecular Hbond substituents is 1. The lowest BCUT2D eigenvalue weighted by Crippen LogP contribution is -1.94. The first kappa shape index (κ1) is 8.01. The van der Waals surface area contributed by atoms with Crippen molar-refractivity contribution in [1.82, 2.24) is 0 Å². The third kappa shape index (κ3) is 1.68. The fourth-order valence-corrected chi connectivity index (χ4v) is 0.995. The number of thiocarbonyl (C=S) groups is 1. The molecule has 58 valence electrons. The van der Waals surface area contributed by atoms with Gasteiger partial charge in [0.15, 0.2) is 5.05 Å². The Balaban J connectivity index is 3.20. The number of aromatic hydroxyl groups is 1. The Morgan fingerprint density at radius 1 is 1.45 bits per heavy atom. The zero-order valence-electron chi connectivity index (χ0n) is 6.03. The molecule has 0 aliphatic carbocycles. The van der Waals surface area contributed by atoms with E-state index in [0.717, 1.165) is 5.56 Å². The average Bonchev–Trinajstić information content (AvgIpc) is 1.85. The first-order valence-corrected chi connectivity index (χ1v) is 3.55. The van der Waals surface area contributed by atoms with E-state index < -0.39 is 0 Å². The molecule has 2 N–H and O–H groups in total. The van der Waals surface area contributed by atoms with Gasteiger partial charge in [0.25, 0.3) is 0 Å². The molecule has 11 heavy (non-hydrogen) atoms. The Morgan fingerprint density at radius 3 is 2.55 bits per heavy atom. The molecule has 0 unspecified atom stereocenters. The summed E-state index contributed by atoms with van der Waals surface area (Å²) in [7, 11) is 0. The first-order valence-electron chi connectivity index (χ1n) is 3.14. The van der Waals surface area contributed by atoms with Gasteiger partial charge in [0.05, 0.1) is 5.56 Å². The molecule has 2 nitrogen and oxygen atoms in total. The smallest absolute Gasteiger partial charge is 0.192 e. The minimum Gasteiger partial charge on any atom is -0.507 e. The molecule has 1 aromatic carbocycles. The first-order chi connectivity index (χ1) is 5.11. The van der Waals surface area contributed by atoms with Crippen LogP contribution in [0.2, 0.25) is 0 Å². The summed E-state index contributed by atoms with van der Waals surface area (Å²) in [5.41, 5.74) is 1.24. The minimum absolute atomic E-state index is 0.0255. The van der Waals surface area contributed by atoms with Crippen LogP contribution < -0.4 is 0 Å². The van der Waals surface area contributed by atoms with E-state index in [2.05, 4.69) is 12.2 Å². The standard InChI is InChI=1S/C8H8O2S/c1-5-2-3-6(8(10)11)7(9)4-5/h2-4,9H,1H3,(H,10,11). The summed E-state index contributed by atoms with van der Waals surface area (Å²) in [4.78, 5) is 0. The molecule has 0 heterocycles. The van der Waals surface area contributed by atoms with Gasteiger partial charge in [-0.2, -0.15) is 0 Å². The van der Waals surface area contributed by atoms with E-state index >= 15 is 0 Å². The van der Waals surface area contributed by atoms with Crippen LogP contribution >= 0.6 is 12.2 Å². The van der Waals surface area contributed by atoms with Gasteiger partial charge < -0.3 is 10.2 Å². The molecule has 0 aliphatic rings. The lowest BCUT2D eigenvalue weighted by Gasteiger charge is -2.00. The SMILES string of the molecule is Cc1ccc(C(O)=S)c(O)c1. The Morgan fingerprint density at radius 2 is 2.09 bits per heavy atom. The highest BCUT2D eigenvalue weighted by Crippen LogP contribution is 2.18. The maximum Gasteiger partial charge on any atom is 0.192 e. The summed E-state index contributed by atoms with van der Waals surface area (Å²) in [6.45, 7) is 1.85. The molecule has 0 spiro atoms. The fourth-order valence-electron chi connectivity index (χ4n) is 0.823. The highest BCUT2D eigenvalue weighted by Gasteiger charge is 2.03. The second-order valence-corrected chi connectivity index (χ2v) is 2.71. The summed E-state index contributed by atoms with van der Waals surface area (Å²) < 4.78 is 0. The van der Waals surface area contributed by atoms with Crippen molar-refractivity contribution in [2.75, 3.05) is 0 Å². The topological polar surface area (TPSA) is 40.5 Å². The second-order valence-electron chi connectivity index (χ2n) is 2.33. The van der Waals surface area contributed by atoms with Gasteiger partial charge in [-0.25, -0.2) is 0 Å². The van der Waals surface area contributed by atoms with Crippen LogP contribution in [0, 0.1) is 6.92 Å². The molecule has 0 atom stereocenters. The van der Waals surface area contributed by atoms with Gasteiger partial charge in [-0.3, -0.25) is 0 Å². The number of phenols is 1. The lowest BCUT2D eigenvalue weighted by molar-refractivity contribution is 0.469. The Labute approximate surface area is 70.1 Å². The predicted octanol–water partition coefficient (Wildman–Crippen LogP) is 1.93. The van der Waals surface area contributed by atoms with E-state index in [0.29, 0.717) is 5.56 Å². The molecule has 0 saturated heterocycles. The highest BCUT2D eigenvalue weighted by molar-refractivity contribution is 7.80. The summed E-state index contributed by atoms with van der Waals surface area (Å²) >= 11 is 4.49. The predicted molar refractivity (Wildman–Crippen MR) is 47.2 cm³/mol. The quantitative estimate of drug-likeness (QED) is 0.629. The number of aliphatic hydroxyl groups excluding tert-OH is 1. The molecule has 0 bridgehead atoms. The maximum atomic E-state index is 9.21. The fraction of sp³-hybridized carbons (Fsp3) is 0.125. The van der Waals surface area contributed by atoms with Gasteiger partial charge >= 0.3 is 0 Å². The zero-order valence-corrected chi connectivity index (χ0v) is 6.85. The van der Waals surface area contributed by atoms with Crippen molar-refractivity contribution in [1.29, 1.82) is 0 Å². The van der Waals surface area contributed by atoms with E-state index in [-0.39, 0.29) is 10.8 Å². The van der Waals surface area contributed by atoms with Crippen molar-refractivity contribution in [3.05, 3.63) is 29.3 Å². The second kappa shape index (κ2) is 2.88. The van der Waals surface area contributed by atoms with Crippen LogP contribution in [0.15, 0.2) is 18.2 Å². The van der Waals surface area contributed by atoms with Crippen LogP contribution in [0.1, 0.15) is 11.1 Å². The molecule has 0 radical (unpaired) electrons. The molecule has 0 fully saturated rings. The number of aryl methyl sites for hydroxylation is 1.